The molecule has 0 spiro atoms. The van der Waals surface area contributed by atoms with E-state index in [0.717, 1.165) is 30.8 Å². The van der Waals surface area contributed by atoms with Gasteiger partial charge in [-0.15, -0.1) is 0 Å². The fourth-order valence-electron chi connectivity index (χ4n) is 2.44. The molecule has 0 fully saturated rings. The van der Waals surface area contributed by atoms with E-state index >= 15 is 0 Å². The maximum atomic E-state index is 14.0. The molecule has 0 aliphatic rings. The van der Waals surface area contributed by atoms with Gasteiger partial charge in [0.1, 0.15) is 5.82 Å². The Labute approximate surface area is 119 Å². The van der Waals surface area contributed by atoms with E-state index in [1.54, 1.807) is 6.07 Å². The van der Waals surface area contributed by atoms with Gasteiger partial charge in [-0.25, -0.2) is 4.39 Å². The highest BCUT2D eigenvalue weighted by Crippen LogP contribution is 2.21. The molecule has 0 bridgehead atoms. The number of hydrogen-bond acceptors (Lipinski definition) is 2. The van der Waals surface area contributed by atoms with Crippen LogP contribution in [0.3, 0.4) is 0 Å². The molecular formula is C16H22FN3. The third-order valence-corrected chi connectivity index (χ3v) is 3.53. The quantitative estimate of drug-likeness (QED) is 0.878. The smallest absolute Gasteiger partial charge is 0.127 e. The van der Waals surface area contributed by atoms with E-state index in [0.29, 0.717) is 5.56 Å². The first-order chi connectivity index (χ1) is 9.65. The number of halogens is 1. The van der Waals surface area contributed by atoms with Gasteiger partial charge in [0.05, 0.1) is 5.69 Å². The third-order valence-electron chi connectivity index (χ3n) is 3.53. The Morgan fingerprint density at radius 3 is 2.65 bits per heavy atom. The molecule has 0 amide bonds. The average molecular weight is 275 g/mol. The van der Waals surface area contributed by atoms with Crippen molar-refractivity contribution in [3.8, 4) is 0 Å². The summed E-state index contributed by atoms with van der Waals surface area (Å²) in [6.45, 7) is 4.93. The van der Waals surface area contributed by atoms with E-state index in [1.807, 2.05) is 30.8 Å². The highest BCUT2D eigenvalue weighted by atomic mass is 19.1. The maximum absolute atomic E-state index is 14.0. The molecule has 4 heteroatoms. The van der Waals surface area contributed by atoms with Crippen LogP contribution in [0.25, 0.3) is 0 Å². The van der Waals surface area contributed by atoms with Gasteiger partial charge in [-0.2, -0.15) is 5.10 Å². The molecule has 0 saturated carbocycles. The Morgan fingerprint density at radius 2 is 2.05 bits per heavy atom. The molecule has 1 aromatic heterocycles. The number of rotatable bonds is 6. The van der Waals surface area contributed by atoms with Gasteiger partial charge in [-0.1, -0.05) is 32.0 Å². The molecule has 1 heterocycles. The first-order valence-corrected chi connectivity index (χ1v) is 7.15. The van der Waals surface area contributed by atoms with Crippen LogP contribution in [0.2, 0.25) is 0 Å². The Hall–Kier alpha value is -1.68. The molecule has 0 radical (unpaired) electrons. The molecule has 1 aromatic carbocycles. The SMILES string of the molecule is CCNC(Cc1cc(CC)nn1C)c1ccccc1F. The lowest BCUT2D eigenvalue weighted by atomic mass is 10.0. The summed E-state index contributed by atoms with van der Waals surface area (Å²) in [5.41, 5.74) is 2.91. The number of nitrogens with zero attached hydrogens (tertiary/aromatic N) is 2. The fourth-order valence-corrected chi connectivity index (χ4v) is 2.44. The van der Waals surface area contributed by atoms with E-state index < -0.39 is 0 Å². The lowest BCUT2D eigenvalue weighted by Crippen LogP contribution is -2.24. The monoisotopic (exact) mass is 275 g/mol. The van der Waals surface area contributed by atoms with Crippen LogP contribution in [0.4, 0.5) is 4.39 Å². The summed E-state index contributed by atoms with van der Waals surface area (Å²) in [5, 5.41) is 7.82. The zero-order valence-corrected chi connectivity index (χ0v) is 12.4. The number of aryl methyl sites for hydroxylation is 2. The minimum absolute atomic E-state index is 0.0266. The van der Waals surface area contributed by atoms with Crippen LogP contribution >= 0.6 is 0 Å². The van der Waals surface area contributed by atoms with Gasteiger partial charge < -0.3 is 5.32 Å². The van der Waals surface area contributed by atoms with Gasteiger partial charge in [-0.05, 0) is 25.1 Å². The third kappa shape index (κ3) is 3.25. The zero-order valence-electron chi connectivity index (χ0n) is 12.4. The summed E-state index contributed by atoms with van der Waals surface area (Å²) in [5.74, 6) is -0.156. The van der Waals surface area contributed by atoms with Gasteiger partial charge >= 0.3 is 0 Å². The molecular weight excluding hydrogens is 253 g/mol. The second-order valence-electron chi connectivity index (χ2n) is 4.94. The molecule has 20 heavy (non-hydrogen) atoms. The van der Waals surface area contributed by atoms with Crippen molar-refractivity contribution in [2.45, 2.75) is 32.7 Å². The zero-order chi connectivity index (χ0) is 14.5. The van der Waals surface area contributed by atoms with Crippen LogP contribution < -0.4 is 5.32 Å². The standard InChI is InChI=1S/C16H22FN3/c1-4-12-10-13(20(3)19-12)11-16(18-5-2)14-8-6-7-9-15(14)17/h6-10,16,18H,4-5,11H2,1-3H3. The van der Waals surface area contributed by atoms with Crippen molar-refractivity contribution in [1.82, 2.24) is 15.1 Å². The van der Waals surface area contributed by atoms with Gasteiger partial charge in [0.15, 0.2) is 0 Å². The molecule has 2 rings (SSSR count). The molecule has 2 aromatic rings. The minimum Gasteiger partial charge on any atom is -0.310 e. The lowest BCUT2D eigenvalue weighted by molar-refractivity contribution is 0.497. The molecule has 1 unspecified atom stereocenters. The normalized spacial score (nSPS) is 12.6. The lowest BCUT2D eigenvalue weighted by Gasteiger charge is -2.19. The van der Waals surface area contributed by atoms with Crippen molar-refractivity contribution < 1.29 is 4.39 Å². The number of aromatic nitrogens is 2. The minimum atomic E-state index is -0.156. The van der Waals surface area contributed by atoms with E-state index in [1.165, 1.54) is 6.07 Å². The van der Waals surface area contributed by atoms with E-state index in [-0.39, 0.29) is 11.9 Å². The Balaban J connectivity index is 2.25. The summed E-state index contributed by atoms with van der Waals surface area (Å²) < 4.78 is 15.9. The van der Waals surface area contributed by atoms with E-state index in [9.17, 15) is 4.39 Å². The molecule has 108 valence electrons. The van der Waals surface area contributed by atoms with Gasteiger partial charge in [-0.3, -0.25) is 4.68 Å². The highest BCUT2D eigenvalue weighted by molar-refractivity contribution is 5.23. The second kappa shape index (κ2) is 6.66. The van der Waals surface area contributed by atoms with Gasteiger partial charge in [0, 0.05) is 30.8 Å². The van der Waals surface area contributed by atoms with Crippen molar-refractivity contribution in [2.75, 3.05) is 6.54 Å². The number of nitrogens with one attached hydrogen (secondary N) is 1. The number of likely N-dealkylation sites (N-methyl/N-ethyl adjacent to an activating group) is 1. The first kappa shape index (κ1) is 14.7. The molecule has 1 N–H and O–H groups in total. The van der Waals surface area contributed by atoms with Gasteiger partial charge in [0.2, 0.25) is 0 Å². The van der Waals surface area contributed by atoms with Crippen molar-refractivity contribution in [1.29, 1.82) is 0 Å². The topological polar surface area (TPSA) is 29.9 Å². The van der Waals surface area contributed by atoms with Crippen LogP contribution in [0.5, 0.6) is 0 Å². The fraction of sp³-hybridized carbons (Fsp3) is 0.438. The van der Waals surface area contributed by atoms with Crippen molar-refractivity contribution in [3.63, 3.8) is 0 Å². The largest absolute Gasteiger partial charge is 0.310 e. The number of hydrogen-bond donors (Lipinski definition) is 1. The van der Waals surface area contributed by atoms with E-state index in [2.05, 4.69) is 23.4 Å². The number of benzene rings is 1. The summed E-state index contributed by atoms with van der Waals surface area (Å²) >= 11 is 0. The van der Waals surface area contributed by atoms with Crippen molar-refractivity contribution in [2.24, 2.45) is 7.05 Å². The predicted molar refractivity (Wildman–Crippen MR) is 79.1 cm³/mol. The molecule has 0 saturated heterocycles. The summed E-state index contributed by atoms with van der Waals surface area (Å²) in [6, 6.07) is 9.04. The summed E-state index contributed by atoms with van der Waals surface area (Å²) in [4.78, 5) is 0. The Kier molecular flexibility index (Phi) is 4.90. The second-order valence-corrected chi connectivity index (χ2v) is 4.94. The Morgan fingerprint density at radius 1 is 1.30 bits per heavy atom. The molecule has 0 aliphatic carbocycles. The first-order valence-electron chi connectivity index (χ1n) is 7.15. The summed E-state index contributed by atoms with van der Waals surface area (Å²) in [6.07, 6.45) is 1.65. The Bertz CT molecular complexity index is 563. The predicted octanol–water partition coefficient (Wildman–Crippen LogP) is 3.01. The molecule has 0 aliphatic heterocycles. The van der Waals surface area contributed by atoms with Crippen LogP contribution in [-0.4, -0.2) is 16.3 Å². The van der Waals surface area contributed by atoms with Crippen LogP contribution in [0, 0.1) is 5.82 Å². The van der Waals surface area contributed by atoms with Crippen molar-refractivity contribution >= 4 is 0 Å². The molecule has 3 nitrogen and oxygen atoms in total. The maximum Gasteiger partial charge on any atom is 0.127 e. The van der Waals surface area contributed by atoms with E-state index in [4.69, 9.17) is 0 Å². The summed E-state index contributed by atoms with van der Waals surface area (Å²) in [7, 11) is 1.94. The van der Waals surface area contributed by atoms with Crippen LogP contribution in [0.1, 0.15) is 36.8 Å². The average Bonchev–Trinajstić information content (AvgIpc) is 2.80. The highest BCUT2D eigenvalue weighted by Gasteiger charge is 2.17. The van der Waals surface area contributed by atoms with Crippen LogP contribution in [0.15, 0.2) is 30.3 Å². The van der Waals surface area contributed by atoms with Crippen molar-refractivity contribution in [3.05, 3.63) is 53.1 Å². The van der Waals surface area contributed by atoms with Gasteiger partial charge in [0.25, 0.3) is 0 Å². The molecule has 1 atom stereocenters. The van der Waals surface area contributed by atoms with Crippen LogP contribution in [-0.2, 0) is 19.9 Å².